The standard InChI is InChI=1S/C11H15BrN4O2/c12-9-5-13-16(6-9)10-7-15(8-10)11(17)14-1-3-18-4-2-14/h5-6,10H,1-4,7-8H2. The SMILES string of the molecule is O=C(N1CCOCC1)N1CC(n2cc(Br)cn2)C1. The van der Waals surface area contributed by atoms with Crippen molar-refractivity contribution in [3.63, 3.8) is 0 Å². The van der Waals surface area contributed by atoms with Gasteiger partial charge in [-0.25, -0.2) is 4.79 Å². The lowest BCUT2D eigenvalue weighted by atomic mass is 10.1. The van der Waals surface area contributed by atoms with E-state index in [1.165, 1.54) is 0 Å². The summed E-state index contributed by atoms with van der Waals surface area (Å²) in [6.07, 6.45) is 3.72. The number of ether oxygens (including phenoxy) is 1. The average molecular weight is 315 g/mol. The van der Waals surface area contributed by atoms with Crippen molar-refractivity contribution in [2.24, 2.45) is 0 Å². The van der Waals surface area contributed by atoms with Crippen LogP contribution in [0.4, 0.5) is 4.79 Å². The summed E-state index contributed by atoms with van der Waals surface area (Å²) in [6, 6.07) is 0.432. The number of amides is 2. The summed E-state index contributed by atoms with van der Waals surface area (Å²) in [5.74, 6) is 0. The van der Waals surface area contributed by atoms with Gasteiger partial charge in [-0.2, -0.15) is 5.10 Å². The highest BCUT2D eigenvalue weighted by molar-refractivity contribution is 9.10. The Morgan fingerprint density at radius 1 is 1.33 bits per heavy atom. The predicted molar refractivity (Wildman–Crippen MR) is 68.3 cm³/mol. The maximum absolute atomic E-state index is 12.1. The van der Waals surface area contributed by atoms with Crippen molar-refractivity contribution in [2.75, 3.05) is 39.4 Å². The minimum atomic E-state index is 0.126. The van der Waals surface area contributed by atoms with Gasteiger partial charge in [-0.05, 0) is 15.9 Å². The Kier molecular flexibility index (Phi) is 3.25. The van der Waals surface area contributed by atoms with Crippen LogP contribution in [0.25, 0.3) is 0 Å². The fraction of sp³-hybridized carbons (Fsp3) is 0.636. The molecule has 3 rings (SSSR count). The number of aromatic nitrogens is 2. The molecule has 98 valence electrons. The molecule has 0 bridgehead atoms. The van der Waals surface area contributed by atoms with Gasteiger partial charge in [0.2, 0.25) is 0 Å². The van der Waals surface area contributed by atoms with Gasteiger partial charge < -0.3 is 14.5 Å². The molecule has 2 aliphatic heterocycles. The van der Waals surface area contributed by atoms with Crippen LogP contribution in [0.2, 0.25) is 0 Å². The van der Waals surface area contributed by atoms with Crippen LogP contribution in [0, 0.1) is 0 Å². The summed E-state index contributed by atoms with van der Waals surface area (Å²) in [7, 11) is 0. The maximum atomic E-state index is 12.1. The van der Waals surface area contributed by atoms with Crippen LogP contribution in [0.5, 0.6) is 0 Å². The van der Waals surface area contributed by atoms with Gasteiger partial charge in [-0.15, -0.1) is 0 Å². The molecule has 7 heteroatoms. The molecule has 18 heavy (non-hydrogen) atoms. The van der Waals surface area contributed by atoms with E-state index in [0.29, 0.717) is 32.3 Å². The molecule has 0 atom stereocenters. The lowest BCUT2D eigenvalue weighted by molar-refractivity contribution is 0.0290. The summed E-state index contributed by atoms with van der Waals surface area (Å²) in [4.78, 5) is 15.8. The minimum Gasteiger partial charge on any atom is -0.378 e. The van der Waals surface area contributed by atoms with Gasteiger partial charge in [-0.1, -0.05) is 0 Å². The number of halogens is 1. The molecule has 2 fully saturated rings. The zero-order valence-electron chi connectivity index (χ0n) is 9.96. The molecule has 0 saturated carbocycles. The summed E-state index contributed by atoms with van der Waals surface area (Å²) >= 11 is 3.37. The fourth-order valence-corrected chi connectivity index (χ4v) is 2.55. The Morgan fingerprint density at radius 3 is 2.67 bits per heavy atom. The van der Waals surface area contributed by atoms with Gasteiger partial charge in [0.05, 0.1) is 29.9 Å². The second-order valence-electron chi connectivity index (χ2n) is 4.58. The van der Waals surface area contributed by atoms with E-state index in [1.54, 1.807) is 6.20 Å². The lowest BCUT2D eigenvalue weighted by Crippen LogP contribution is -2.57. The molecule has 0 spiro atoms. The molecule has 2 saturated heterocycles. The molecule has 3 heterocycles. The number of likely N-dealkylation sites (tertiary alicyclic amines) is 1. The normalized spacial score (nSPS) is 20.9. The molecular formula is C11H15BrN4O2. The monoisotopic (exact) mass is 314 g/mol. The van der Waals surface area contributed by atoms with Crippen LogP contribution in [0.1, 0.15) is 6.04 Å². The third-order valence-corrected chi connectivity index (χ3v) is 3.77. The second kappa shape index (κ2) is 4.89. The topological polar surface area (TPSA) is 50.6 Å². The highest BCUT2D eigenvalue weighted by Crippen LogP contribution is 2.23. The number of carbonyl (C=O) groups excluding carboxylic acids is 1. The van der Waals surface area contributed by atoms with Crippen molar-refractivity contribution in [3.8, 4) is 0 Å². The van der Waals surface area contributed by atoms with Crippen LogP contribution in [-0.2, 0) is 4.74 Å². The van der Waals surface area contributed by atoms with Gasteiger partial charge in [0.1, 0.15) is 0 Å². The lowest BCUT2D eigenvalue weighted by Gasteiger charge is -2.42. The van der Waals surface area contributed by atoms with Crippen molar-refractivity contribution in [3.05, 3.63) is 16.9 Å². The first-order valence-corrected chi connectivity index (χ1v) is 6.84. The van der Waals surface area contributed by atoms with Crippen LogP contribution < -0.4 is 0 Å². The Labute approximate surface area is 114 Å². The summed E-state index contributed by atoms with van der Waals surface area (Å²) in [5, 5.41) is 4.24. The van der Waals surface area contributed by atoms with Crippen LogP contribution in [0.3, 0.4) is 0 Å². The number of hydrogen-bond acceptors (Lipinski definition) is 3. The van der Waals surface area contributed by atoms with E-state index in [-0.39, 0.29) is 6.03 Å². The third kappa shape index (κ3) is 2.24. The van der Waals surface area contributed by atoms with Gasteiger partial charge in [0.15, 0.2) is 0 Å². The molecule has 2 amide bonds. The van der Waals surface area contributed by atoms with Gasteiger partial charge in [0.25, 0.3) is 0 Å². The van der Waals surface area contributed by atoms with E-state index in [9.17, 15) is 4.79 Å². The maximum Gasteiger partial charge on any atom is 0.320 e. The fourth-order valence-electron chi connectivity index (χ4n) is 2.25. The van der Waals surface area contributed by atoms with Crippen molar-refractivity contribution in [2.45, 2.75) is 6.04 Å². The van der Waals surface area contributed by atoms with E-state index in [0.717, 1.165) is 17.6 Å². The first-order chi connectivity index (χ1) is 8.74. The van der Waals surface area contributed by atoms with E-state index in [2.05, 4.69) is 21.0 Å². The number of nitrogens with zero attached hydrogens (tertiary/aromatic N) is 4. The zero-order valence-corrected chi connectivity index (χ0v) is 11.5. The largest absolute Gasteiger partial charge is 0.378 e. The number of carbonyl (C=O) groups is 1. The quantitative estimate of drug-likeness (QED) is 0.775. The molecule has 1 aromatic rings. The van der Waals surface area contributed by atoms with Crippen LogP contribution >= 0.6 is 15.9 Å². The van der Waals surface area contributed by atoms with E-state index in [4.69, 9.17) is 4.74 Å². The van der Waals surface area contributed by atoms with Crippen molar-refractivity contribution < 1.29 is 9.53 Å². The number of urea groups is 1. The van der Waals surface area contributed by atoms with Gasteiger partial charge in [0, 0.05) is 32.4 Å². The Bertz CT molecular complexity index is 438. The molecule has 0 radical (unpaired) electrons. The smallest absolute Gasteiger partial charge is 0.320 e. The summed E-state index contributed by atoms with van der Waals surface area (Å²) < 4.78 is 8.13. The first kappa shape index (κ1) is 12.0. The molecule has 0 aliphatic carbocycles. The van der Waals surface area contributed by atoms with Gasteiger partial charge in [-0.3, -0.25) is 4.68 Å². The van der Waals surface area contributed by atoms with Crippen LogP contribution in [0.15, 0.2) is 16.9 Å². The van der Waals surface area contributed by atoms with Crippen molar-refractivity contribution in [1.82, 2.24) is 19.6 Å². The minimum absolute atomic E-state index is 0.126. The molecule has 0 N–H and O–H groups in total. The number of hydrogen-bond donors (Lipinski definition) is 0. The van der Waals surface area contributed by atoms with E-state index >= 15 is 0 Å². The van der Waals surface area contributed by atoms with E-state index < -0.39 is 0 Å². The van der Waals surface area contributed by atoms with Gasteiger partial charge >= 0.3 is 6.03 Å². The Balaban J connectivity index is 1.53. The summed E-state index contributed by atoms with van der Waals surface area (Å²) in [6.45, 7) is 4.18. The van der Waals surface area contributed by atoms with Crippen molar-refractivity contribution >= 4 is 22.0 Å². The molecule has 0 unspecified atom stereocenters. The van der Waals surface area contributed by atoms with E-state index in [1.807, 2.05) is 20.7 Å². The number of morpholine rings is 1. The summed E-state index contributed by atoms with van der Waals surface area (Å²) in [5.41, 5.74) is 0. The van der Waals surface area contributed by atoms with Crippen molar-refractivity contribution in [1.29, 1.82) is 0 Å². The van der Waals surface area contributed by atoms with Crippen LogP contribution in [-0.4, -0.2) is 65.0 Å². The Hall–Kier alpha value is -1.08. The molecule has 1 aromatic heterocycles. The highest BCUT2D eigenvalue weighted by atomic mass is 79.9. The first-order valence-electron chi connectivity index (χ1n) is 6.05. The third-order valence-electron chi connectivity index (χ3n) is 3.36. The predicted octanol–water partition coefficient (Wildman–Crippen LogP) is 0.954. The molecule has 2 aliphatic rings. The zero-order chi connectivity index (χ0) is 12.5. The highest BCUT2D eigenvalue weighted by Gasteiger charge is 2.35. The number of rotatable bonds is 1. The molecule has 0 aromatic carbocycles. The molecular weight excluding hydrogens is 300 g/mol. The molecule has 6 nitrogen and oxygen atoms in total. The average Bonchev–Trinajstić information content (AvgIpc) is 2.75. The second-order valence-corrected chi connectivity index (χ2v) is 5.50. The Morgan fingerprint density at radius 2 is 2.06 bits per heavy atom.